The van der Waals surface area contributed by atoms with E-state index < -0.39 is 29.4 Å². The zero-order valence-corrected chi connectivity index (χ0v) is 16.1. The highest BCUT2D eigenvalue weighted by Gasteiger charge is 2.26. The van der Waals surface area contributed by atoms with E-state index in [1.54, 1.807) is 6.92 Å². The van der Waals surface area contributed by atoms with Gasteiger partial charge in [0.15, 0.2) is 0 Å². The molecule has 0 bridgehead atoms. The zero-order chi connectivity index (χ0) is 22.1. The summed E-state index contributed by atoms with van der Waals surface area (Å²) in [7, 11) is 0. The quantitative estimate of drug-likeness (QED) is 0.491. The van der Waals surface area contributed by atoms with Crippen LogP contribution < -0.4 is 16.6 Å². The summed E-state index contributed by atoms with van der Waals surface area (Å²) in [6, 6.07) is 8.15. The summed E-state index contributed by atoms with van der Waals surface area (Å²) >= 11 is 0. The summed E-state index contributed by atoms with van der Waals surface area (Å²) in [5.74, 6) is -4.71. The summed E-state index contributed by atoms with van der Waals surface area (Å²) < 4.78 is 41.9. The maximum atomic E-state index is 13.9. The summed E-state index contributed by atoms with van der Waals surface area (Å²) in [6.07, 6.45) is 1.21. The van der Waals surface area contributed by atoms with Gasteiger partial charge in [0.25, 0.3) is 17.4 Å². The molecule has 3 aromatic rings. The molecule has 0 fully saturated rings. The fraction of sp³-hybridized carbons (Fsp3) is 0.200. The minimum atomic E-state index is -3.10. The van der Waals surface area contributed by atoms with Gasteiger partial charge in [-0.1, -0.05) is 0 Å². The molecular formula is C20H18F3N5O2. The standard InChI is InChI=1S/C20H18F3N5O2/c1-11(12-8-13(20(2,22)23)10-14(24)9-12)26-19(30)15-5-6-17(29)28(27-15)16-4-3-7-25-18(16)21/h3-11H,24H2,1-2H3,(H,26,30)/t11-/m1/s1. The number of benzene rings is 1. The number of alkyl halides is 2. The molecular weight excluding hydrogens is 399 g/mol. The second kappa shape index (κ2) is 7.97. The van der Waals surface area contributed by atoms with E-state index in [0.29, 0.717) is 5.56 Å². The number of carbonyl (C=O) groups is 1. The van der Waals surface area contributed by atoms with Gasteiger partial charge in [-0.15, -0.1) is 0 Å². The Kier molecular flexibility index (Phi) is 5.59. The average Bonchev–Trinajstić information content (AvgIpc) is 2.67. The molecule has 3 N–H and O–H groups in total. The third-order valence-corrected chi connectivity index (χ3v) is 4.33. The van der Waals surface area contributed by atoms with Crippen LogP contribution in [0.5, 0.6) is 0 Å². The van der Waals surface area contributed by atoms with Gasteiger partial charge < -0.3 is 11.1 Å². The molecule has 0 aliphatic rings. The van der Waals surface area contributed by atoms with Crippen molar-refractivity contribution >= 4 is 11.6 Å². The lowest BCUT2D eigenvalue weighted by atomic mass is 10.0. The van der Waals surface area contributed by atoms with Gasteiger partial charge in [-0.2, -0.15) is 14.2 Å². The Labute approximate surface area is 169 Å². The van der Waals surface area contributed by atoms with Crippen molar-refractivity contribution in [3.05, 3.63) is 81.8 Å². The summed E-state index contributed by atoms with van der Waals surface area (Å²) in [4.78, 5) is 28.1. The average molecular weight is 417 g/mol. The van der Waals surface area contributed by atoms with Gasteiger partial charge in [0.05, 0.1) is 6.04 Å². The molecule has 30 heavy (non-hydrogen) atoms. The van der Waals surface area contributed by atoms with E-state index in [0.717, 1.165) is 23.7 Å². The number of rotatable bonds is 5. The van der Waals surface area contributed by atoms with Crippen LogP contribution in [0.2, 0.25) is 0 Å². The first-order chi connectivity index (χ1) is 14.1. The number of hydrogen-bond acceptors (Lipinski definition) is 5. The van der Waals surface area contributed by atoms with Gasteiger partial charge in [0, 0.05) is 30.4 Å². The van der Waals surface area contributed by atoms with Gasteiger partial charge in [0.2, 0.25) is 5.95 Å². The fourth-order valence-electron chi connectivity index (χ4n) is 2.77. The molecule has 0 unspecified atom stereocenters. The van der Waals surface area contributed by atoms with E-state index in [1.165, 1.54) is 36.5 Å². The Balaban J connectivity index is 1.88. The number of amides is 1. The van der Waals surface area contributed by atoms with Crippen molar-refractivity contribution in [3.63, 3.8) is 0 Å². The summed E-state index contributed by atoms with van der Waals surface area (Å²) in [6.45, 7) is 2.33. The highest BCUT2D eigenvalue weighted by molar-refractivity contribution is 5.92. The predicted molar refractivity (Wildman–Crippen MR) is 104 cm³/mol. The van der Waals surface area contributed by atoms with Crippen LogP contribution in [0.3, 0.4) is 0 Å². The summed E-state index contributed by atoms with van der Waals surface area (Å²) in [5.41, 5.74) is 4.89. The number of anilines is 1. The number of pyridine rings is 1. The number of aromatic nitrogens is 3. The molecule has 0 radical (unpaired) electrons. The van der Waals surface area contributed by atoms with E-state index in [1.807, 2.05) is 0 Å². The molecule has 0 spiro atoms. The minimum Gasteiger partial charge on any atom is -0.399 e. The number of nitrogens with one attached hydrogen (secondary N) is 1. The van der Waals surface area contributed by atoms with E-state index in [-0.39, 0.29) is 22.6 Å². The van der Waals surface area contributed by atoms with Crippen LogP contribution in [0.1, 0.15) is 41.5 Å². The molecule has 156 valence electrons. The number of nitrogens with zero attached hydrogens (tertiary/aromatic N) is 3. The van der Waals surface area contributed by atoms with Crippen molar-refractivity contribution in [3.8, 4) is 5.69 Å². The van der Waals surface area contributed by atoms with Gasteiger partial charge >= 0.3 is 0 Å². The third kappa shape index (κ3) is 4.48. The largest absolute Gasteiger partial charge is 0.399 e. The maximum absolute atomic E-state index is 13.9. The first kappa shape index (κ1) is 21.0. The Morgan fingerprint density at radius 1 is 1.23 bits per heavy atom. The van der Waals surface area contributed by atoms with Crippen molar-refractivity contribution in [2.75, 3.05) is 5.73 Å². The molecule has 0 aliphatic carbocycles. The van der Waals surface area contributed by atoms with Crippen molar-refractivity contribution in [2.45, 2.75) is 25.8 Å². The zero-order valence-electron chi connectivity index (χ0n) is 16.1. The molecule has 0 aliphatic heterocycles. The Hall–Kier alpha value is -3.69. The van der Waals surface area contributed by atoms with E-state index in [4.69, 9.17) is 5.73 Å². The third-order valence-electron chi connectivity index (χ3n) is 4.33. The van der Waals surface area contributed by atoms with Crippen LogP contribution in [-0.4, -0.2) is 20.7 Å². The van der Waals surface area contributed by atoms with Crippen molar-refractivity contribution in [1.82, 2.24) is 20.1 Å². The van der Waals surface area contributed by atoms with Crippen molar-refractivity contribution in [2.24, 2.45) is 0 Å². The minimum absolute atomic E-state index is 0.129. The molecule has 0 saturated carbocycles. The highest BCUT2D eigenvalue weighted by atomic mass is 19.3. The lowest BCUT2D eigenvalue weighted by Gasteiger charge is -2.18. The number of nitrogens with two attached hydrogens (primary N) is 1. The van der Waals surface area contributed by atoms with Crippen molar-refractivity contribution in [1.29, 1.82) is 0 Å². The van der Waals surface area contributed by atoms with Gasteiger partial charge in [-0.05, 0) is 48.9 Å². The van der Waals surface area contributed by atoms with Crippen LogP contribution in [0.15, 0.2) is 53.5 Å². The van der Waals surface area contributed by atoms with Gasteiger partial charge in [-0.25, -0.2) is 13.8 Å². The van der Waals surface area contributed by atoms with Crippen molar-refractivity contribution < 1.29 is 18.0 Å². The van der Waals surface area contributed by atoms with Gasteiger partial charge in [-0.3, -0.25) is 9.59 Å². The van der Waals surface area contributed by atoms with Crippen LogP contribution in [-0.2, 0) is 5.92 Å². The molecule has 10 heteroatoms. The van der Waals surface area contributed by atoms with Crippen LogP contribution in [0, 0.1) is 5.95 Å². The molecule has 3 rings (SSSR count). The Morgan fingerprint density at radius 2 is 1.97 bits per heavy atom. The molecule has 0 saturated heterocycles. The fourth-order valence-corrected chi connectivity index (χ4v) is 2.77. The number of halogens is 3. The van der Waals surface area contributed by atoms with Gasteiger partial charge in [0.1, 0.15) is 11.4 Å². The summed E-state index contributed by atoms with van der Waals surface area (Å²) in [5, 5.41) is 6.50. The molecule has 1 aromatic carbocycles. The molecule has 2 heterocycles. The topological polar surface area (TPSA) is 103 Å². The highest BCUT2D eigenvalue weighted by Crippen LogP contribution is 2.31. The van der Waals surface area contributed by atoms with Crippen LogP contribution in [0.4, 0.5) is 18.9 Å². The Bertz CT molecular complexity index is 1160. The number of nitrogen functional groups attached to an aromatic ring is 1. The SMILES string of the molecule is C[C@@H](NC(=O)c1ccc(=O)n(-c2cccnc2F)n1)c1cc(N)cc(C(C)(F)F)c1. The molecule has 2 aromatic heterocycles. The normalized spacial score (nSPS) is 12.4. The van der Waals surface area contributed by atoms with Crippen LogP contribution in [0.25, 0.3) is 5.69 Å². The molecule has 7 nitrogen and oxygen atoms in total. The second-order valence-electron chi connectivity index (χ2n) is 6.75. The maximum Gasteiger partial charge on any atom is 0.272 e. The molecule has 1 atom stereocenters. The Morgan fingerprint density at radius 3 is 2.63 bits per heavy atom. The smallest absolute Gasteiger partial charge is 0.272 e. The predicted octanol–water partition coefficient (Wildman–Crippen LogP) is 2.95. The lowest BCUT2D eigenvalue weighted by Crippen LogP contribution is -2.31. The monoisotopic (exact) mass is 417 g/mol. The first-order valence-corrected chi connectivity index (χ1v) is 8.87. The first-order valence-electron chi connectivity index (χ1n) is 8.87. The van der Waals surface area contributed by atoms with E-state index in [9.17, 15) is 22.8 Å². The van der Waals surface area contributed by atoms with E-state index >= 15 is 0 Å². The number of carbonyl (C=O) groups excluding carboxylic acids is 1. The number of hydrogen-bond donors (Lipinski definition) is 2. The lowest BCUT2D eigenvalue weighted by molar-refractivity contribution is 0.0174. The van der Waals surface area contributed by atoms with E-state index in [2.05, 4.69) is 15.4 Å². The second-order valence-corrected chi connectivity index (χ2v) is 6.75. The van der Waals surface area contributed by atoms with Crippen LogP contribution >= 0.6 is 0 Å². The molecule has 1 amide bonds.